The first kappa shape index (κ1) is 25.8. The van der Waals surface area contributed by atoms with Crippen LogP contribution in [0.15, 0.2) is 72.8 Å². The Balaban J connectivity index is 1.25. The summed E-state index contributed by atoms with van der Waals surface area (Å²) in [5.74, 6) is 0.335. The second-order valence-corrected chi connectivity index (χ2v) is 8.85. The van der Waals surface area contributed by atoms with Crippen molar-refractivity contribution in [2.24, 2.45) is 5.92 Å². The fourth-order valence-corrected chi connectivity index (χ4v) is 4.10. The second kappa shape index (κ2) is 12.1. The van der Waals surface area contributed by atoms with E-state index in [1.807, 2.05) is 48.5 Å². The standard InChI is InChI=1S/C29H31N3O5/c1-3-20-4-8-23(9-5-20)31-27(33)19-37-26-14-10-24(11-15-26)32-18-22(16-28(32)34)29(35)30-17-21-6-12-25(36-2)13-7-21/h4-15,22H,3,16-19H2,1-2H3,(H,30,35)(H,31,33)/t22-/m0/s1. The number of aryl methyl sites for hydroxylation is 1. The van der Waals surface area contributed by atoms with Gasteiger partial charge in [0.2, 0.25) is 11.8 Å². The summed E-state index contributed by atoms with van der Waals surface area (Å²) >= 11 is 0. The number of ether oxygens (including phenoxy) is 2. The van der Waals surface area contributed by atoms with Crippen LogP contribution in [0.25, 0.3) is 0 Å². The highest BCUT2D eigenvalue weighted by Crippen LogP contribution is 2.27. The zero-order chi connectivity index (χ0) is 26.2. The van der Waals surface area contributed by atoms with E-state index in [1.54, 1.807) is 36.3 Å². The SMILES string of the molecule is CCc1ccc(NC(=O)COc2ccc(N3C[C@@H](C(=O)NCc4ccc(OC)cc4)CC3=O)cc2)cc1. The summed E-state index contributed by atoms with van der Waals surface area (Å²) < 4.78 is 10.7. The van der Waals surface area contributed by atoms with E-state index in [4.69, 9.17) is 9.47 Å². The predicted molar refractivity (Wildman–Crippen MR) is 142 cm³/mol. The lowest BCUT2D eigenvalue weighted by atomic mass is 10.1. The van der Waals surface area contributed by atoms with Crippen molar-refractivity contribution >= 4 is 29.1 Å². The minimum absolute atomic E-state index is 0.105. The third-order valence-corrected chi connectivity index (χ3v) is 6.29. The molecule has 8 heteroatoms. The molecule has 1 aliphatic rings. The molecule has 0 aromatic heterocycles. The highest BCUT2D eigenvalue weighted by molar-refractivity contribution is 6.00. The number of nitrogens with zero attached hydrogens (tertiary/aromatic N) is 1. The fraction of sp³-hybridized carbons (Fsp3) is 0.276. The van der Waals surface area contributed by atoms with Gasteiger partial charge >= 0.3 is 0 Å². The largest absolute Gasteiger partial charge is 0.497 e. The maximum absolute atomic E-state index is 12.7. The highest BCUT2D eigenvalue weighted by atomic mass is 16.5. The van der Waals surface area contributed by atoms with Crippen LogP contribution in [0.1, 0.15) is 24.5 Å². The fourth-order valence-electron chi connectivity index (χ4n) is 4.10. The normalized spacial score (nSPS) is 14.8. The number of hydrogen-bond acceptors (Lipinski definition) is 5. The molecule has 0 saturated carbocycles. The van der Waals surface area contributed by atoms with Gasteiger partial charge in [-0.25, -0.2) is 0 Å². The Labute approximate surface area is 216 Å². The molecular weight excluding hydrogens is 470 g/mol. The first-order valence-corrected chi connectivity index (χ1v) is 12.3. The molecule has 0 bridgehead atoms. The van der Waals surface area contributed by atoms with Gasteiger partial charge in [-0.3, -0.25) is 14.4 Å². The maximum Gasteiger partial charge on any atom is 0.262 e. The van der Waals surface area contributed by atoms with Crippen molar-refractivity contribution in [1.29, 1.82) is 0 Å². The van der Waals surface area contributed by atoms with E-state index in [2.05, 4.69) is 17.6 Å². The number of rotatable bonds is 10. The molecule has 1 heterocycles. The molecule has 1 aliphatic heterocycles. The molecule has 3 aromatic carbocycles. The van der Waals surface area contributed by atoms with Gasteiger partial charge in [0.25, 0.3) is 5.91 Å². The predicted octanol–water partition coefficient (Wildman–Crippen LogP) is 3.94. The van der Waals surface area contributed by atoms with Crippen LogP contribution in [0.5, 0.6) is 11.5 Å². The Bertz CT molecular complexity index is 1220. The Morgan fingerprint density at radius 2 is 1.57 bits per heavy atom. The zero-order valence-electron chi connectivity index (χ0n) is 21.0. The first-order valence-electron chi connectivity index (χ1n) is 12.3. The van der Waals surface area contributed by atoms with Gasteiger partial charge in [0.05, 0.1) is 13.0 Å². The van der Waals surface area contributed by atoms with Gasteiger partial charge < -0.3 is 25.0 Å². The molecule has 3 aromatic rings. The van der Waals surface area contributed by atoms with Crippen molar-refractivity contribution in [3.8, 4) is 11.5 Å². The van der Waals surface area contributed by atoms with E-state index < -0.39 is 5.92 Å². The number of anilines is 2. The summed E-state index contributed by atoms with van der Waals surface area (Å²) in [6.07, 6.45) is 1.10. The monoisotopic (exact) mass is 501 g/mol. The number of amides is 3. The van der Waals surface area contributed by atoms with E-state index in [-0.39, 0.29) is 30.7 Å². The lowest BCUT2D eigenvalue weighted by Crippen LogP contribution is -2.32. The minimum atomic E-state index is -0.420. The van der Waals surface area contributed by atoms with Crippen LogP contribution in [-0.4, -0.2) is 38.0 Å². The molecule has 2 N–H and O–H groups in total. The average Bonchev–Trinajstić information content (AvgIpc) is 3.33. The van der Waals surface area contributed by atoms with Gasteiger partial charge in [-0.05, 0) is 66.1 Å². The molecule has 0 spiro atoms. The zero-order valence-corrected chi connectivity index (χ0v) is 21.0. The molecule has 4 rings (SSSR count). The first-order chi connectivity index (χ1) is 17.9. The van der Waals surface area contributed by atoms with E-state index in [1.165, 1.54) is 5.56 Å². The molecule has 0 aliphatic carbocycles. The Hall–Kier alpha value is -4.33. The lowest BCUT2D eigenvalue weighted by Gasteiger charge is -2.17. The Kier molecular flexibility index (Phi) is 8.40. The number of carbonyl (C=O) groups excluding carboxylic acids is 3. The van der Waals surface area contributed by atoms with Crippen molar-refractivity contribution in [2.75, 3.05) is 30.5 Å². The quantitative estimate of drug-likeness (QED) is 0.439. The number of benzene rings is 3. The molecule has 0 radical (unpaired) electrons. The van der Waals surface area contributed by atoms with Gasteiger partial charge in [-0.1, -0.05) is 31.2 Å². The van der Waals surface area contributed by atoms with Crippen LogP contribution >= 0.6 is 0 Å². The maximum atomic E-state index is 12.7. The van der Waals surface area contributed by atoms with Gasteiger partial charge in [0, 0.05) is 30.9 Å². The molecule has 0 unspecified atom stereocenters. The van der Waals surface area contributed by atoms with Gasteiger partial charge in [0.1, 0.15) is 11.5 Å². The summed E-state index contributed by atoms with van der Waals surface area (Å²) in [7, 11) is 1.60. The third-order valence-electron chi connectivity index (χ3n) is 6.29. The van der Waals surface area contributed by atoms with E-state index in [0.29, 0.717) is 24.5 Å². The molecule has 1 fully saturated rings. The molecule has 1 saturated heterocycles. The molecule has 3 amide bonds. The smallest absolute Gasteiger partial charge is 0.262 e. The van der Waals surface area contributed by atoms with Crippen molar-refractivity contribution in [3.05, 3.63) is 83.9 Å². The summed E-state index contributed by atoms with van der Waals surface area (Å²) in [6, 6.07) is 22.1. The van der Waals surface area contributed by atoms with Crippen molar-refractivity contribution in [1.82, 2.24) is 5.32 Å². The number of nitrogens with one attached hydrogen (secondary N) is 2. The molecule has 8 nitrogen and oxygen atoms in total. The Morgan fingerprint density at radius 1 is 0.919 bits per heavy atom. The van der Waals surface area contributed by atoms with Crippen molar-refractivity contribution in [3.63, 3.8) is 0 Å². The van der Waals surface area contributed by atoms with Crippen LogP contribution in [0.2, 0.25) is 0 Å². The van der Waals surface area contributed by atoms with Crippen LogP contribution in [0, 0.1) is 5.92 Å². The van der Waals surface area contributed by atoms with Crippen molar-refractivity contribution in [2.45, 2.75) is 26.3 Å². The van der Waals surface area contributed by atoms with E-state index in [9.17, 15) is 14.4 Å². The molecule has 37 heavy (non-hydrogen) atoms. The molecule has 192 valence electrons. The van der Waals surface area contributed by atoms with Gasteiger partial charge in [-0.15, -0.1) is 0 Å². The highest BCUT2D eigenvalue weighted by Gasteiger charge is 2.35. The van der Waals surface area contributed by atoms with Crippen LogP contribution in [0.3, 0.4) is 0 Å². The van der Waals surface area contributed by atoms with Crippen LogP contribution < -0.4 is 25.0 Å². The lowest BCUT2D eigenvalue weighted by molar-refractivity contribution is -0.126. The summed E-state index contributed by atoms with van der Waals surface area (Å²) in [4.78, 5) is 39.1. The van der Waals surface area contributed by atoms with E-state index in [0.717, 1.165) is 23.4 Å². The van der Waals surface area contributed by atoms with Crippen LogP contribution in [-0.2, 0) is 27.3 Å². The number of methoxy groups -OCH3 is 1. The average molecular weight is 502 g/mol. The number of hydrogen-bond donors (Lipinski definition) is 2. The second-order valence-electron chi connectivity index (χ2n) is 8.85. The van der Waals surface area contributed by atoms with Gasteiger partial charge in [0.15, 0.2) is 6.61 Å². The minimum Gasteiger partial charge on any atom is -0.497 e. The van der Waals surface area contributed by atoms with Gasteiger partial charge in [-0.2, -0.15) is 0 Å². The molecular formula is C29H31N3O5. The summed E-state index contributed by atoms with van der Waals surface area (Å²) in [5, 5.41) is 5.72. The summed E-state index contributed by atoms with van der Waals surface area (Å²) in [6.45, 7) is 2.64. The van der Waals surface area contributed by atoms with Crippen LogP contribution in [0.4, 0.5) is 11.4 Å². The molecule has 1 atom stereocenters. The summed E-state index contributed by atoms with van der Waals surface area (Å²) in [5.41, 5.74) is 3.56. The van der Waals surface area contributed by atoms with Crippen molar-refractivity contribution < 1.29 is 23.9 Å². The third kappa shape index (κ3) is 6.88. The van der Waals surface area contributed by atoms with E-state index >= 15 is 0 Å². The topological polar surface area (TPSA) is 97.0 Å². The Morgan fingerprint density at radius 3 is 2.22 bits per heavy atom. The number of carbonyl (C=O) groups is 3.